The summed E-state index contributed by atoms with van der Waals surface area (Å²) in [7, 11) is 0. The Morgan fingerprint density at radius 1 is 1.29 bits per heavy atom. The first-order valence-corrected chi connectivity index (χ1v) is 9.72. The summed E-state index contributed by atoms with van der Waals surface area (Å²) in [6.07, 6.45) is 6.50. The molecule has 2 aliphatic rings. The molecule has 0 amide bonds. The summed E-state index contributed by atoms with van der Waals surface area (Å²) >= 11 is 0. The predicted octanol–water partition coefficient (Wildman–Crippen LogP) is 4.12. The topological polar surface area (TPSA) is 57.5 Å². The third-order valence-electron chi connectivity index (χ3n) is 7.30. The maximum absolute atomic E-state index is 12.5. The number of Topliss-reactive ketones (excluding diaryl/α,β-unsaturated/α-hetero) is 1. The van der Waals surface area contributed by atoms with Gasteiger partial charge in [-0.15, -0.1) is 6.58 Å². The number of aliphatic hydroxyl groups is 2. The quantitative estimate of drug-likeness (QED) is 0.746. The molecule has 1 spiro atoms. The van der Waals surface area contributed by atoms with Crippen LogP contribution in [-0.2, 0) is 4.79 Å². The van der Waals surface area contributed by atoms with E-state index in [1.165, 1.54) is 0 Å². The van der Waals surface area contributed by atoms with E-state index in [1.54, 1.807) is 0 Å². The maximum atomic E-state index is 12.5. The van der Waals surface area contributed by atoms with E-state index in [4.69, 9.17) is 0 Å². The molecule has 1 unspecified atom stereocenters. The van der Waals surface area contributed by atoms with Crippen LogP contribution in [0.15, 0.2) is 12.7 Å². The Bertz CT molecular complexity index is 474. The fourth-order valence-corrected chi connectivity index (χ4v) is 5.63. The van der Waals surface area contributed by atoms with Gasteiger partial charge in [0, 0.05) is 17.8 Å². The molecule has 24 heavy (non-hydrogen) atoms. The van der Waals surface area contributed by atoms with E-state index >= 15 is 0 Å². The highest BCUT2D eigenvalue weighted by Gasteiger charge is 2.54. The van der Waals surface area contributed by atoms with E-state index in [1.807, 2.05) is 13.0 Å². The molecule has 2 N–H and O–H groups in total. The average molecular weight is 337 g/mol. The van der Waals surface area contributed by atoms with Crippen LogP contribution in [0.2, 0.25) is 0 Å². The number of carbonyl (C=O) groups excluding carboxylic acids is 1. The lowest BCUT2D eigenvalue weighted by Gasteiger charge is -2.48. The van der Waals surface area contributed by atoms with Crippen LogP contribution in [0.1, 0.15) is 72.6 Å². The number of carbonyl (C=O) groups is 1. The van der Waals surface area contributed by atoms with Gasteiger partial charge in [0.15, 0.2) is 0 Å². The van der Waals surface area contributed by atoms with Crippen molar-refractivity contribution in [1.82, 2.24) is 0 Å². The van der Waals surface area contributed by atoms with Crippen molar-refractivity contribution in [1.29, 1.82) is 0 Å². The van der Waals surface area contributed by atoms with Crippen LogP contribution in [0.5, 0.6) is 0 Å². The molecule has 0 bridgehead atoms. The number of rotatable bonds is 2. The molecule has 138 valence electrons. The molecule has 3 nitrogen and oxygen atoms in total. The molecule has 2 saturated carbocycles. The zero-order valence-corrected chi connectivity index (χ0v) is 15.9. The molecular weight excluding hydrogens is 300 g/mol. The zero-order valence-electron chi connectivity index (χ0n) is 15.9. The van der Waals surface area contributed by atoms with Gasteiger partial charge in [0.25, 0.3) is 0 Å². The smallest absolute Gasteiger partial charge is 0.136 e. The zero-order chi connectivity index (χ0) is 18.1. The van der Waals surface area contributed by atoms with Gasteiger partial charge in [0.1, 0.15) is 5.78 Å². The summed E-state index contributed by atoms with van der Waals surface area (Å²) in [6, 6.07) is 0. The Kier molecular flexibility index (Phi) is 5.97. The Morgan fingerprint density at radius 3 is 2.54 bits per heavy atom. The Morgan fingerprint density at radius 2 is 1.96 bits per heavy atom. The van der Waals surface area contributed by atoms with Crippen molar-refractivity contribution in [3.63, 3.8) is 0 Å². The van der Waals surface area contributed by atoms with Gasteiger partial charge in [0.05, 0.1) is 12.2 Å². The highest BCUT2D eigenvalue weighted by molar-refractivity contribution is 5.84. The Balaban J connectivity index is 2.44. The van der Waals surface area contributed by atoms with Crippen molar-refractivity contribution in [2.24, 2.45) is 28.6 Å². The van der Waals surface area contributed by atoms with Gasteiger partial charge in [0.2, 0.25) is 0 Å². The van der Waals surface area contributed by atoms with Gasteiger partial charge < -0.3 is 10.2 Å². The van der Waals surface area contributed by atoms with Crippen molar-refractivity contribution < 1.29 is 15.0 Å². The van der Waals surface area contributed by atoms with E-state index in [0.29, 0.717) is 24.5 Å². The molecule has 0 radical (unpaired) electrons. The number of aliphatic hydroxyl groups excluding tert-OH is 2. The highest BCUT2D eigenvalue weighted by Crippen LogP contribution is 2.56. The van der Waals surface area contributed by atoms with Crippen LogP contribution in [0.4, 0.5) is 0 Å². The molecular formula is C21H36O3. The van der Waals surface area contributed by atoms with Crippen molar-refractivity contribution in [3.05, 3.63) is 12.7 Å². The maximum Gasteiger partial charge on any atom is 0.136 e. The summed E-state index contributed by atoms with van der Waals surface area (Å²) in [4.78, 5) is 12.5. The number of ketones is 1. The Labute approximate surface area is 147 Å². The van der Waals surface area contributed by atoms with Crippen LogP contribution >= 0.6 is 0 Å². The predicted molar refractivity (Wildman–Crippen MR) is 97.6 cm³/mol. The molecule has 7 atom stereocenters. The lowest BCUT2D eigenvalue weighted by molar-refractivity contribution is -0.126. The first-order valence-electron chi connectivity index (χ1n) is 9.72. The first kappa shape index (κ1) is 19.7. The summed E-state index contributed by atoms with van der Waals surface area (Å²) in [5.74, 6) is 0.894. The molecule has 0 saturated heterocycles. The summed E-state index contributed by atoms with van der Waals surface area (Å²) in [5.41, 5.74) is -0.626. The molecule has 2 rings (SSSR count). The molecule has 0 heterocycles. The van der Waals surface area contributed by atoms with Gasteiger partial charge in [-0.05, 0) is 49.4 Å². The second kappa shape index (κ2) is 7.29. The normalized spacial score (nSPS) is 47.8. The molecule has 3 heteroatoms. The molecule has 0 aromatic heterocycles. The monoisotopic (exact) mass is 336 g/mol. The third kappa shape index (κ3) is 3.35. The minimum absolute atomic E-state index is 0.0226. The minimum Gasteiger partial charge on any atom is -0.393 e. The summed E-state index contributed by atoms with van der Waals surface area (Å²) in [6.45, 7) is 12.4. The molecule has 2 aliphatic carbocycles. The van der Waals surface area contributed by atoms with Crippen LogP contribution in [-0.4, -0.2) is 28.2 Å². The fraction of sp³-hybridized carbons (Fsp3) is 0.857. The van der Waals surface area contributed by atoms with Crippen molar-refractivity contribution in [2.45, 2.75) is 84.8 Å². The van der Waals surface area contributed by atoms with E-state index in [0.717, 1.165) is 32.1 Å². The number of hydrogen-bond acceptors (Lipinski definition) is 3. The fourth-order valence-electron chi connectivity index (χ4n) is 5.63. The van der Waals surface area contributed by atoms with E-state index in [2.05, 4.69) is 27.4 Å². The summed E-state index contributed by atoms with van der Waals surface area (Å²) < 4.78 is 0. The highest BCUT2D eigenvalue weighted by atomic mass is 16.3. The third-order valence-corrected chi connectivity index (χ3v) is 7.30. The number of hydrogen-bond donors (Lipinski definition) is 2. The van der Waals surface area contributed by atoms with Gasteiger partial charge in [-0.25, -0.2) is 0 Å². The van der Waals surface area contributed by atoms with Gasteiger partial charge in [-0.1, -0.05) is 40.2 Å². The van der Waals surface area contributed by atoms with Crippen LogP contribution < -0.4 is 0 Å². The Hall–Kier alpha value is -0.670. The van der Waals surface area contributed by atoms with Crippen molar-refractivity contribution >= 4 is 5.78 Å². The largest absolute Gasteiger partial charge is 0.393 e. The second-order valence-electron chi connectivity index (χ2n) is 8.84. The summed E-state index contributed by atoms with van der Waals surface area (Å²) in [5, 5.41) is 21.7. The van der Waals surface area contributed by atoms with Crippen LogP contribution in [0.25, 0.3) is 0 Å². The van der Waals surface area contributed by atoms with Gasteiger partial charge >= 0.3 is 0 Å². The molecule has 0 aliphatic heterocycles. The minimum atomic E-state index is -0.585. The SMILES string of the molecule is C=C[C@]1(C)C[C@@H](O)CC(C)CC[C@]2(CCC(=O)[C@H]2CC)[C@@H](C)[C@@H]1O. The first-order chi connectivity index (χ1) is 11.2. The lowest BCUT2D eigenvalue weighted by Crippen LogP contribution is -2.48. The van der Waals surface area contributed by atoms with Crippen molar-refractivity contribution in [3.8, 4) is 0 Å². The van der Waals surface area contributed by atoms with Gasteiger partial charge in [-0.2, -0.15) is 0 Å². The van der Waals surface area contributed by atoms with E-state index in [-0.39, 0.29) is 17.3 Å². The van der Waals surface area contributed by atoms with Gasteiger partial charge in [-0.3, -0.25) is 4.79 Å². The average Bonchev–Trinajstić information content (AvgIpc) is 2.87. The molecule has 0 aromatic carbocycles. The second-order valence-corrected chi connectivity index (χ2v) is 8.84. The molecule has 0 aromatic rings. The molecule has 2 fully saturated rings. The van der Waals surface area contributed by atoms with Crippen LogP contribution in [0.3, 0.4) is 0 Å². The lowest BCUT2D eigenvalue weighted by atomic mass is 9.58. The van der Waals surface area contributed by atoms with E-state index in [9.17, 15) is 15.0 Å². The standard InChI is InChI=1S/C21H36O3/c1-6-17-18(23)9-11-21(17)10-8-14(3)12-16(22)13-20(5,7-2)19(24)15(21)4/h7,14-17,19,22,24H,2,6,8-13H2,1,3-5H3/t14?,15-,16-,17+,19-,20+,21-/m0/s1. The van der Waals surface area contributed by atoms with Crippen molar-refractivity contribution in [2.75, 3.05) is 0 Å². The van der Waals surface area contributed by atoms with Crippen LogP contribution in [0, 0.1) is 28.6 Å². The van der Waals surface area contributed by atoms with E-state index < -0.39 is 17.6 Å².